The zero-order valence-electron chi connectivity index (χ0n) is 13.9. The van der Waals surface area contributed by atoms with Crippen LogP contribution >= 0.6 is 11.6 Å². The van der Waals surface area contributed by atoms with Crippen LogP contribution in [-0.2, 0) is 4.79 Å². The topological polar surface area (TPSA) is 98.0 Å². The van der Waals surface area contributed by atoms with Crippen molar-refractivity contribution in [2.75, 3.05) is 12.3 Å². The number of aldehydes is 1. The van der Waals surface area contributed by atoms with E-state index in [4.69, 9.17) is 17.3 Å². The van der Waals surface area contributed by atoms with Crippen LogP contribution < -0.4 is 11.1 Å². The highest BCUT2D eigenvalue weighted by atomic mass is 35.5. The van der Waals surface area contributed by atoms with Crippen LogP contribution in [0.15, 0.2) is 24.5 Å². The SMILES string of the molecule is Nc1cnc(C(=O)c2c(Cl)ccc([C@H](NCCC=O)C3CC3)c2F)cn1. The largest absolute Gasteiger partial charge is 0.382 e. The van der Waals surface area contributed by atoms with Crippen molar-refractivity contribution in [3.63, 3.8) is 0 Å². The molecule has 0 saturated heterocycles. The van der Waals surface area contributed by atoms with Crippen molar-refractivity contribution in [2.45, 2.75) is 25.3 Å². The van der Waals surface area contributed by atoms with E-state index in [9.17, 15) is 9.59 Å². The highest BCUT2D eigenvalue weighted by Crippen LogP contribution is 2.42. The van der Waals surface area contributed by atoms with Crippen LogP contribution in [0.4, 0.5) is 10.2 Å². The van der Waals surface area contributed by atoms with E-state index < -0.39 is 11.6 Å². The highest BCUT2D eigenvalue weighted by Gasteiger charge is 2.35. The van der Waals surface area contributed by atoms with E-state index in [1.807, 2.05) is 0 Å². The summed E-state index contributed by atoms with van der Waals surface area (Å²) < 4.78 is 15.2. The zero-order chi connectivity index (χ0) is 18.7. The molecule has 1 saturated carbocycles. The molecule has 1 heterocycles. The Labute approximate surface area is 155 Å². The average molecular weight is 377 g/mol. The number of halogens is 2. The molecule has 1 fully saturated rings. The standard InChI is InChI=1S/C18H18ClFN4O2/c19-12-5-4-11(17(10-2-3-10)22-6-1-7-25)16(20)15(12)18(26)13-8-24-14(21)9-23-13/h4-5,7-10,17,22H,1-3,6H2,(H2,21,24)/t17-/m1/s1. The normalized spacial score (nSPS) is 14.8. The lowest BCUT2D eigenvalue weighted by Crippen LogP contribution is -2.26. The van der Waals surface area contributed by atoms with Gasteiger partial charge in [-0.1, -0.05) is 17.7 Å². The van der Waals surface area contributed by atoms with E-state index in [1.54, 1.807) is 6.07 Å². The second-order valence-corrected chi connectivity index (χ2v) is 6.61. The van der Waals surface area contributed by atoms with Gasteiger partial charge in [-0.25, -0.2) is 14.4 Å². The minimum atomic E-state index is -0.670. The number of ketones is 1. The molecule has 3 N–H and O–H groups in total. The van der Waals surface area contributed by atoms with Gasteiger partial charge in [0.15, 0.2) is 0 Å². The number of benzene rings is 1. The van der Waals surface area contributed by atoms with Gasteiger partial charge in [-0.2, -0.15) is 0 Å². The van der Waals surface area contributed by atoms with E-state index >= 15 is 4.39 Å². The summed E-state index contributed by atoms with van der Waals surface area (Å²) >= 11 is 6.10. The van der Waals surface area contributed by atoms with Crippen LogP contribution in [0.1, 0.15) is 46.9 Å². The Hall–Kier alpha value is -2.38. The number of anilines is 1. The molecule has 1 aliphatic rings. The third kappa shape index (κ3) is 3.89. The smallest absolute Gasteiger partial charge is 0.217 e. The Morgan fingerprint density at radius 1 is 1.38 bits per heavy atom. The van der Waals surface area contributed by atoms with Crippen LogP contribution in [-0.4, -0.2) is 28.6 Å². The Kier molecular flexibility index (Phi) is 5.58. The first-order chi connectivity index (χ1) is 12.5. The first kappa shape index (κ1) is 18.4. The Morgan fingerprint density at radius 3 is 2.77 bits per heavy atom. The van der Waals surface area contributed by atoms with Crippen molar-refractivity contribution in [2.24, 2.45) is 5.92 Å². The summed E-state index contributed by atoms with van der Waals surface area (Å²) in [6.45, 7) is 0.444. The molecular weight excluding hydrogens is 359 g/mol. The number of nitrogen functional groups attached to an aromatic ring is 1. The van der Waals surface area contributed by atoms with Crippen molar-refractivity contribution < 1.29 is 14.0 Å². The van der Waals surface area contributed by atoms with Crippen LogP contribution in [0.5, 0.6) is 0 Å². The summed E-state index contributed by atoms with van der Waals surface area (Å²) in [6.07, 6.45) is 5.51. The van der Waals surface area contributed by atoms with Gasteiger partial charge in [0.2, 0.25) is 5.78 Å². The maximum absolute atomic E-state index is 15.2. The first-order valence-electron chi connectivity index (χ1n) is 8.30. The van der Waals surface area contributed by atoms with Gasteiger partial charge >= 0.3 is 0 Å². The summed E-state index contributed by atoms with van der Waals surface area (Å²) in [6, 6.07) is 2.82. The first-order valence-corrected chi connectivity index (χ1v) is 8.68. The van der Waals surface area contributed by atoms with Gasteiger partial charge in [-0.05, 0) is 24.8 Å². The number of rotatable bonds is 8. The summed E-state index contributed by atoms with van der Waals surface area (Å²) in [4.78, 5) is 30.9. The molecule has 0 bridgehead atoms. The number of hydrogen-bond acceptors (Lipinski definition) is 6. The number of carbonyl (C=O) groups is 2. The van der Waals surface area contributed by atoms with Gasteiger partial charge in [0.05, 0.1) is 23.0 Å². The lowest BCUT2D eigenvalue weighted by atomic mass is 9.96. The molecule has 8 heteroatoms. The van der Waals surface area contributed by atoms with E-state index in [0.717, 1.165) is 19.1 Å². The number of nitrogens with two attached hydrogens (primary N) is 1. The molecular formula is C18H18ClFN4O2. The van der Waals surface area contributed by atoms with Gasteiger partial charge < -0.3 is 15.8 Å². The second-order valence-electron chi connectivity index (χ2n) is 6.21. The van der Waals surface area contributed by atoms with E-state index in [0.29, 0.717) is 18.5 Å². The number of aromatic nitrogens is 2. The summed E-state index contributed by atoms with van der Waals surface area (Å²) in [5, 5.41) is 3.21. The maximum atomic E-state index is 15.2. The Balaban J connectivity index is 1.96. The predicted molar refractivity (Wildman–Crippen MR) is 95.4 cm³/mol. The minimum Gasteiger partial charge on any atom is -0.382 e. The van der Waals surface area contributed by atoms with Crippen molar-refractivity contribution >= 4 is 29.5 Å². The number of nitrogens with zero attached hydrogens (tertiary/aromatic N) is 2. The van der Waals surface area contributed by atoms with E-state index in [1.165, 1.54) is 18.5 Å². The molecule has 26 heavy (non-hydrogen) atoms. The third-order valence-electron chi connectivity index (χ3n) is 4.31. The quantitative estimate of drug-likeness (QED) is 0.417. The lowest BCUT2D eigenvalue weighted by molar-refractivity contribution is -0.107. The van der Waals surface area contributed by atoms with Gasteiger partial charge in [0, 0.05) is 24.6 Å². The molecule has 0 amide bonds. The van der Waals surface area contributed by atoms with Gasteiger partial charge in [0.1, 0.15) is 23.6 Å². The van der Waals surface area contributed by atoms with Gasteiger partial charge in [-0.3, -0.25) is 4.79 Å². The second kappa shape index (κ2) is 7.88. The van der Waals surface area contributed by atoms with E-state index in [2.05, 4.69) is 15.3 Å². The molecule has 136 valence electrons. The monoisotopic (exact) mass is 376 g/mol. The van der Waals surface area contributed by atoms with Crippen LogP contribution in [0.2, 0.25) is 5.02 Å². The lowest BCUT2D eigenvalue weighted by Gasteiger charge is -2.20. The van der Waals surface area contributed by atoms with Crippen LogP contribution in [0.3, 0.4) is 0 Å². The summed E-state index contributed by atoms with van der Waals surface area (Å²) in [5.74, 6) is -0.882. The minimum absolute atomic E-state index is 0.0114. The average Bonchev–Trinajstić information content (AvgIpc) is 3.45. The van der Waals surface area contributed by atoms with Crippen LogP contribution in [0.25, 0.3) is 0 Å². The molecule has 0 unspecified atom stereocenters. The Bertz CT molecular complexity index is 825. The molecule has 6 nitrogen and oxygen atoms in total. The molecule has 0 radical (unpaired) electrons. The Morgan fingerprint density at radius 2 is 2.15 bits per heavy atom. The van der Waals surface area contributed by atoms with Crippen molar-refractivity contribution in [3.05, 3.63) is 52.2 Å². The maximum Gasteiger partial charge on any atom is 0.217 e. The number of carbonyl (C=O) groups excluding carboxylic acids is 2. The van der Waals surface area contributed by atoms with E-state index in [-0.39, 0.29) is 34.1 Å². The summed E-state index contributed by atoms with van der Waals surface area (Å²) in [7, 11) is 0. The zero-order valence-corrected chi connectivity index (χ0v) is 14.7. The molecule has 1 aromatic carbocycles. The fourth-order valence-electron chi connectivity index (χ4n) is 2.86. The summed E-state index contributed by atoms with van der Waals surface area (Å²) in [5.41, 5.74) is 5.58. The molecule has 0 aliphatic heterocycles. The van der Waals surface area contributed by atoms with Crippen LogP contribution in [0, 0.1) is 11.7 Å². The molecule has 1 atom stereocenters. The van der Waals surface area contributed by atoms with Crippen molar-refractivity contribution in [1.29, 1.82) is 0 Å². The van der Waals surface area contributed by atoms with Gasteiger partial charge in [-0.15, -0.1) is 0 Å². The molecule has 3 rings (SSSR count). The van der Waals surface area contributed by atoms with Gasteiger partial charge in [0.25, 0.3) is 0 Å². The molecule has 0 spiro atoms. The highest BCUT2D eigenvalue weighted by molar-refractivity contribution is 6.34. The van der Waals surface area contributed by atoms with Crippen molar-refractivity contribution in [3.8, 4) is 0 Å². The molecule has 2 aromatic rings. The number of nitrogens with one attached hydrogen (secondary N) is 1. The molecule has 1 aromatic heterocycles. The van der Waals surface area contributed by atoms with Crippen molar-refractivity contribution in [1.82, 2.24) is 15.3 Å². The third-order valence-corrected chi connectivity index (χ3v) is 4.62. The molecule has 1 aliphatic carbocycles. The fraction of sp³-hybridized carbons (Fsp3) is 0.333. The fourth-order valence-corrected chi connectivity index (χ4v) is 3.09. The number of hydrogen-bond donors (Lipinski definition) is 2. The predicted octanol–water partition coefficient (Wildman–Crippen LogP) is 2.71.